The van der Waals surface area contributed by atoms with Gasteiger partial charge in [0.1, 0.15) is 0 Å². The molecule has 0 aromatic heterocycles. The number of likely N-dealkylation sites (tertiary alicyclic amines) is 1. The number of carbonyl (C=O) groups excluding carboxylic acids is 1. The third-order valence-electron chi connectivity index (χ3n) is 5.10. The number of thioether (sulfide) groups is 1. The van der Waals surface area contributed by atoms with Crippen LogP contribution in [0, 0.1) is 0 Å². The van der Waals surface area contributed by atoms with Gasteiger partial charge in [-0.3, -0.25) is 14.6 Å². The van der Waals surface area contributed by atoms with Gasteiger partial charge in [-0.15, -0.1) is 11.8 Å². The lowest BCUT2D eigenvalue weighted by Crippen LogP contribution is -2.50. The number of piperidine rings is 1. The van der Waals surface area contributed by atoms with Gasteiger partial charge in [-0.05, 0) is 43.2 Å². The first-order valence-corrected chi connectivity index (χ1v) is 10.3. The van der Waals surface area contributed by atoms with Crippen molar-refractivity contribution < 1.29 is 4.79 Å². The van der Waals surface area contributed by atoms with Gasteiger partial charge in [0, 0.05) is 50.7 Å². The van der Waals surface area contributed by atoms with Gasteiger partial charge in [0.2, 0.25) is 5.91 Å². The number of carbonyl (C=O) groups is 1. The number of hydrogen-bond donors (Lipinski definition) is 0. The standard InChI is InChI=1S/C19H29N3OS/c1-24-18-7-5-17(6-8-18)15-20-11-13-21(14-12-20)16-19(23)22-9-3-2-4-10-22/h5-8H,2-4,9-16H2,1H3. The molecule has 0 spiro atoms. The maximum atomic E-state index is 12.4. The van der Waals surface area contributed by atoms with Crippen molar-refractivity contribution in [3.05, 3.63) is 29.8 Å². The number of hydrogen-bond acceptors (Lipinski definition) is 4. The molecule has 0 unspecified atom stereocenters. The Morgan fingerprint density at radius 3 is 2.17 bits per heavy atom. The summed E-state index contributed by atoms with van der Waals surface area (Å²) in [6.07, 6.45) is 5.74. The topological polar surface area (TPSA) is 26.8 Å². The molecular formula is C19H29N3OS. The zero-order valence-corrected chi connectivity index (χ0v) is 15.6. The summed E-state index contributed by atoms with van der Waals surface area (Å²) in [5, 5.41) is 0. The van der Waals surface area contributed by atoms with E-state index in [9.17, 15) is 4.79 Å². The number of piperazine rings is 1. The zero-order valence-electron chi connectivity index (χ0n) is 14.7. The van der Waals surface area contributed by atoms with Crippen LogP contribution in [-0.4, -0.2) is 72.7 Å². The molecule has 132 valence electrons. The largest absolute Gasteiger partial charge is 0.342 e. The highest BCUT2D eigenvalue weighted by atomic mass is 32.2. The fourth-order valence-corrected chi connectivity index (χ4v) is 3.94. The lowest BCUT2D eigenvalue weighted by molar-refractivity contribution is -0.133. The van der Waals surface area contributed by atoms with Crippen LogP contribution in [0.25, 0.3) is 0 Å². The Kier molecular flexibility index (Phi) is 6.58. The van der Waals surface area contributed by atoms with E-state index in [1.165, 1.54) is 29.7 Å². The Morgan fingerprint density at radius 2 is 1.54 bits per heavy atom. The minimum Gasteiger partial charge on any atom is -0.342 e. The first-order valence-electron chi connectivity index (χ1n) is 9.10. The lowest BCUT2D eigenvalue weighted by Gasteiger charge is -2.36. The van der Waals surface area contributed by atoms with Crippen LogP contribution < -0.4 is 0 Å². The highest BCUT2D eigenvalue weighted by Crippen LogP contribution is 2.16. The van der Waals surface area contributed by atoms with Crippen molar-refractivity contribution in [2.45, 2.75) is 30.7 Å². The van der Waals surface area contributed by atoms with Crippen LogP contribution in [0.3, 0.4) is 0 Å². The maximum absolute atomic E-state index is 12.4. The van der Waals surface area contributed by atoms with E-state index in [0.717, 1.165) is 45.8 Å². The summed E-state index contributed by atoms with van der Waals surface area (Å²) < 4.78 is 0. The monoisotopic (exact) mass is 347 g/mol. The smallest absolute Gasteiger partial charge is 0.236 e. The number of rotatable bonds is 5. The first-order chi connectivity index (χ1) is 11.7. The summed E-state index contributed by atoms with van der Waals surface area (Å²) in [6, 6.07) is 8.87. The van der Waals surface area contributed by atoms with E-state index in [-0.39, 0.29) is 0 Å². The third kappa shape index (κ3) is 4.98. The van der Waals surface area contributed by atoms with Gasteiger partial charge in [-0.1, -0.05) is 12.1 Å². The molecule has 1 aromatic rings. The molecule has 2 aliphatic rings. The van der Waals surface area contributed by atoms with E-state index < -0.39 is 0 Å². The average Bonchev–Trinajstić information content (AvgIpc) is 2.65. The predicted octanol–water partition coefficient (Wildman–Crippen LogP) is 2.54. The van der Waals surface area contributed by atoms with E-state index in [1.54, 1.807) is 11.8 Å². The molecule has 1 aromatic carbocycles. The highest BCUT2D eigenvalue weighted by molar-refractivity contribution is 7.98. The molecule has 4 nitrogen and oxygen atoms in total. The van der Waals surface area contributed by atoms with Crippen molar-refractivity contribution in [3.63, 3.8) is 0 Å². The lowest BCUT2D eigenvalue weighted by atomic mass is 10.1. The van der Waals surface area contributed by atoms with Crippen LogP contribution >= 0.6 is 11.8 Å². The van der Waals surface area contributed by atoms with Crippen molar-refractivity contribution >= 4 is 17.7 Å². The maximum Gasteiger partial charge on any atom is 0.236 e. The van der Waals surface area contributed by atoms with Crippen molar-refractivity contribution in [2.24, 2.45) is 0 Å². The quantitative estimate of drug-likeness (QED) is 0.765. The van der Waals surface area contributed by atoms with Crippen molar-refractivity contribution in [1.29, 1.82) is 0 Å². The Balaban J connectivity index is 1.41. The fourth-order valence-electron chi connectivity index (χ4n) is 3.53. The summed E-state index contributed by atoms with van der Waals surface area (Å²) in [4.78, 5) is 20.6. The van der Waals surface area contributed by atoms with E-state index in [1.807, 2.05) is 0 Å². The van der Waals surface area contributed by atoms with Crippen molar-refractivity contribution in [1.82, 2.24) is 14.7 Å². The number of amides is 1. The molecule has 3 rings (SSSR count). The molecule has 2 saturated heterocycles. The Labute approximate surface area is 150 Å². The van der Waals surface area contributed by atoms with Gasteiger partial charge < -0.3 is 4.90 Å². The zero-order chi connectivity index (χ0) is 16.8. The van der Waals surface area contributed by atoms with E-state index in [0.29, 0.717) is 12.5 Å². The second-order valence-electron chi connectivity index (χ2n) is 6.84. The van der Waals surface area contributed by atoms with E-state index in [2.05, 4.69) is 45.2 Å². The van der Waals surface area contributed by atoms with Gasteiger partial charge in [0.25, 0.3) is 0 Å². The second kappa shape index (κ2) is 8.88. The third-order valence-corrected chi connectivity index (χ3v) is 5.84. The van der Waals surface area contributed by atoms with Crippen LogP contribution in [0.5, 0.6) is 0 Å². The highest BCUT2D eigenvalue weighted by Gasteiger charge is 2.22. The molecule has 2 fully saturated rings. The van der Waals surface area contributed by atoms with Crippen molar-refractivity contribution in [3.8, 4) is 0 Å². The summed E-state index contributed by atoms with van der Waals surface area (Å²) in [7, 11) is 0. The molecule has 2 aliphatic heterocycles. The number of nitrogens with zero attached hydrogens (tertiary/aromatic N) is 3. The average molecular weight is 348 g/mol. The predicted molar refractivity (Wildman–Crippen MR) is 100 cm³/mol. The van der Waals surface area contributed by atoms with Gasteiger partial charge >= 0.3 is 0 Å². The molecule has 1 amide bonds. The minimum absolute atomic E-state index is 0.329. The molecule has 0 N–H and O–H groups in total. The van der Waals surface area contributed by atoms with Crippen LogP contribution in [0.4, 0.5) is 0 Å². The summed E-state index contributed by atoms with van der Waals surface area (Å²) in [5.74, 6) is 0.329. The molecule has 0 atom stereocenters. The van der Waals surface area contributed by atoms with E-state index in [4.69, 9.17) is 0 Å². The summed E-state index contributed by atoms with van der Waals surface area (Å²) >= 11 is 1.78. The molecule has 2 heterocycles. The van der Waals surface area contributed by atoms with Gasteiger partial charge in [-0.2, -0.15) is 0 Å². The van der Waals surface area contributed by atoms with Gasteiger partial charge in [0.05, 0.1) is 6.54 Å². The Hall–Kier alpha value is -1.04. The molecule has 24 heavy (non-hydrogen) atoms. The van der Waals surface area contributed by atoms with Crippen LogP contribution in [-0.2, 0) is 11.3 Å². The molecule has 5 heteroatoms. The molecule has 0 radical (unpaired) electrons. The summed E-state index contributed by atoms with van der Waals surface area (Å²) in [6.45, 7) is 7.66. The fraction of sp³-hybridized carbons (Fsp3) is 0.632. The van der Waals surface area contributed by atoms with E-state index >= 15 is 0 Å². The molecule has 0 saturated carbocycles. The van der Waals surface area contributed by atoms with Crippen LogP contribution in [0.2, 0.25) is 0 Å². The number of benzene rings is 1. The minimum atomic E-state index is 0.329. The van der Waals surface area contributed by atoms with Crippen LogP contribution in [0.1, 0.15) is 24.8 Å². The van der Waals surface area contributed by atoms with Gasteiger partial charge in [-0.25, -0.2) is 0 Å². The normalized spacial score (nSPS) is 20.3. The SMILES string of the molecule is CSc1ccc(CN2CCN(CC(=O)N3CCCCC3)CC2)cc1. The van der Waals surface area contributed by atoms with Gasteiger partial charge in [0.15, 0.2) is 0 Å². The molecule has 0 aliphatic carbocycles. The first kappa shape index (κ1) is 17.8. The van der Waals surface area contributed by atoms with Crippen molar-refractivity contribution in [2.75, 3.05) is 52.1 Å². The Bertz CT molecular complexity index is 520. The Morgan fingerprint density at radius 1 is 0.917 bits per heavy atom. The van der Waals surface area contributed by atoms with Crippen LogP contribution in [0.15, 0.2) is 29.2 Å². The molecular weight excluding hydrogens is 318 g/mol. The molecule has 0 bridgehead atoms. The second-order valence-corrected chi connectivity index (χ2v) is 7.72. The summed E-state index contributed by atoms with van der Waals surface area (Å²) in [5.41, 5.74) is 1.38.